The number of aryl methyl sites for hydroxylation is 2. The lowest BCUT2D eigenvalue weighted by Crippen LogP contribution is -2.46. The summed E-state index contributed by atoms with van der Waals surface area (Å²) in [5, 5.41) is 7.46. The van der Waals surface area contributed by atoms with E-state index >= 15 is 0 Å². The van der Waals surface area contributed by atoms with Crippen molar-refractivity contribution in [3.8, 4) is 0 Å². The second-order valence-electron chi connectivity index (χ2n) is 7.27. The summed E-state index contributed by atoms with van der Waals surface area (Å²) in [7, 11) is 0. The Hall–Kier alpha value is -3.68. The smallest absolute Gasteiger partial charge is 0.319 e. The van der Waals surface area contributed by atoms with Crippen LogP contribution in [0.15, 0.2) is 48.5 Å². The van der Waals surface area contributed by atoms with E-state index in [1.165, 1.54) is 0 Å². The first-order valence-electron chi connectivity index (χ1n) is 9.64. The molecule has 0 spiro atoms. The molecule has 0 aromatic heterocycles. The number of nitrogens with one attached hydrogen (secondary N) is 3. The quantitative estimate of drug-likeness (QED) is 0.661. The molecule has 1 saturated heterocycles. The summed E-state index contributed by atoms with van der Waals surface area (Å²) < 4.78 is 0. The molecule has 30 heavy (non-hydrogen) atoms. The van der Waals surface area contributed by atoms with Crippen LogP contribution in [0.25, 0.3) is 0 Å². The number of hydrogen-bond acceptors (Lipinski definition) is 4. The lowest BCUT2D eigenvalue weighted by atomic mass is 9.87. The second-order valence-corrected chi connectivity index (χ2v) is 7.27. The molecular formula is C22H24N4O4. The zero-order valence-electron chi connectivity index (χ0n) is 17.1. The number of rotatable bonds is 5. The fraction of sp³-hybridized carbons (Fsp3) is 0.273. The van der Waals surface area contributed by atoms with E-state index in [1.54, 1.807) is 37.3 Å². The predicted octanol–water partition coefficient (Wildman–Crippen LogP) is 2.81. The lowest BCUT2D eigenvalue weighted by Gasteiger charge is -2.25. The molecule has 3 N–H and O–H groups in total. The molecular weight excluding hydrogens is 384 g/mol. The largest absolute Gasteiger partial charge is 0.325 e. The zero-order chi connectivity index (χ0) is 21.9. The van der Waals surface area contributed by atoms with Crippen molar-refractivity contribution in [2.75, 3.05) is 11.9 Å². The summed E-state index contributed by atoms with van der Waals surface area (Å²) in [5.41, 5.74) is 1.88. The van der Waals surface area contributed by atoms with E-state index in [0.717, 1.165) is 16.0 Å². The van der Waals surface area contributed by atoms with Crippen LogP contribution in [0.1, 0.15) is 30.0 Å². The van der Waals surface area contributed by atoms with Gasteiger partial charge in [-0.25, -0.2) is 9.59 Å². The molecule has 1 aliphatic rings. The molecule has 2 aromatic carbocycles. The molecule has 1 fully saturated rings. The Balaban J connectivity index is 1.67. The second kappa shape index (κ2) is 8.36. The first-order valence-corrected chi connectivity index (χ1v) is 9.64. The minimum Gasteiger partial charge on any atom is -0.319 e. The molecule has 1 atom stereocenters. The number of anilines is 1. The third-order valence-electron chi connectivity index (χ3n) is 5.16. The van der Waals surface area contributed by atoms with Gasteiger partial charge in [0.1, 0.15) is 12.1 Å². The van der Waals surface area contributed by atoms with E-state index < -0.39 is 36.0 Å². The number of urea groups is 2. The van der Waals surface area contributed by atoms with Gasteiger partial charge in [0, 0.05) is 5.69 Å². The minimum atomic E-state index is -1.22. The minimum absolute atomic E-state index is 0.326. The fourth-order valence-corrected chi connectivity index (χ4v) is 3.55. The summed E-state index contributed by atoms with van der Waals surface area (Å²) in [6.45, 7) is 5.00. The van der Waals surface area contributed by atoms with Gasteiger partial charge in [-0.3, -0.25) is 19.8 Å². The van der Waals surface area contributed by atoms with Crippen LogP contribution < -0.4 is 16.0 Å². The molecule has 0 aliphatic carbocycles. The Morgan fingerprint density at radius 2 is 1.77 bits per heavy atom. The highest BCUT2D eigenvalue weighted by Crippen LogP contribution is 2.32. The fourth-order valence-electron chi connectivity index (χ4n) is 3.55. The molecule has 8 heteroatoms. The Morgan fingerprint density at radius 1 is 1.07 bits per heavy atom. The standard InChI is InChI=1S/C22H24N4O4/c1-4-22(16-8-6-5-7-9-16)19(28)26(21(30)25-22)13-18(27)24-20(29)23-17-11-10-14(2)12-15(17)3/h5-12H,4,13H2,1-3H3,(H,25,30)(H2,23,24,27,29)/t22-/m0/s1. The van der Waals surface area contributed by atoms with Crippen molar-refractivity contribution in [2.45, 2.75) is 32.7 Å². The number of imide groups is 2. The maximum atomic E-state index is 13.0. The molecule has 2 aromatic rings. The SMILES string of the molecule is CC[C@@]1(c2ccccc2)NC(=O)N(CC(=O)NC(=O)Nc2ccc(C)cc2C)C1=O. The van der Waals surface area contributed by atoms with Crippen LogP contribution in [0.5, 0.6) is 0 Å². The summed E-state index contributed by atoms with van der Waals surface area (Å²) in [6, 6.07) is 12.9. The van der Waals surface area contributed by atoms with Crippen LogP contribution in [-0.4, -0.2) is 35.3 Å². The van der Waals surface area contributed by atoms with Gasteiger partial charge < -0.3 is 10.6 Å². The van der Waals surface area contributed by atoms with Crippen LogP contribution in [-0.2, 0) is 15.1 Å². The van der Waals surface area contributed by atoms with Crippen molar-refractivity contribution < 1.29 is 19.2 Å². The Bertz CT molecular complexity index is 1010. The monoisotopic (exact) mass is 408 g/mol. The third kappa shape index (κ3) is 4.03. The van der Waals surface area contributed by atoms with Gasteiger partial charge in [0.15, 0.2) is 0 Å². The van der Waals surface area contributed by atoms with Crippen molar-refractivity contribution in [3.05, 3.63) is 65.2 Å². The van der Waals surface area contributed by atoms with Gasteiger partial charge >= 0.3 is 12.1 Å². The Kier molecular flexibility index (Phi) is 5.86. The molecule has 1 heterocycles. The number of amides is 6. The van der Waals surface area contributed by atoms with Gasteiger partial charge in [-0.15, -0.1) is 0 Å². The van der Waals surface area contributed by atoms with Gasteiger partial charge in [-0.1, -0.05) is 55.0 Å². The van der Waals surface area contributed by atoms with Crippen molar-refractivity contribution in [2.24, 2.45) is 0 Å². The first-order chi connectivity index (χ1) is 14.3. The topological polar surface area (TPSA) is 108 Å². The van der Waals surface area contributed by atoms with Crippen molar-refractivity contribution in [1.29, 1.82) is 0 Å². The molecule has 0 saturated carbocycles. The maximum Gasteiger partial charge on any atom is 0.325 e. The van der Waals surface area contributed by atoms with Gasteiger partial charge in [0.05, 0.1) is 0 Å². The number of benzene rings is 2. The highest BCUT2D eigenvalue weighted by atomic mass is 16.2. The van der Waals surface area contributed by atoms with Gasteiger partial charge in [0.2, 0.25) is 5.91 Å². The van der Waals surface area contributed by atoms with Gasteiger partial charge in [0.25, 0.3) is 5.91 Å². The Morgan fingerprint density at radius 3 is 2.40 bits per heavy atom. The van der Waals surface area contributed by atoms with E-state index in [0.29, 0.717) is 17.7 Å². The first kappa shape index (κ1) is 21.0. The highest BCUT2D eigenvalue weighted by molar-refractivity contribution is 6.11. The van der Waals surface area contributed by atoms with Crippen molar-refractivity contribution in [3.63, 3.8) is 0 Å². The Labute approximate surface area is 174 Å². The lowest BCUT2D eigenvalue weighted by molar-refractivity contribution is -0.135. The van der Waals surface area contributed by atoms with E-state index in [4.69, 9.17) is 0 Å². The number of carbonyl (C=O) groups excluding carboxylic acids is 4. The van der Waals surface area contributed by atoms with Crippen LogP contribution in [0.3, 0.4) is 0 Å². The molecule has 0 radical (unpaired) electrons. The normalized spacial score (nSPS) is 18.2. The average molecular weight is 408 g/mol. The highest BCUT2D eigenvalue weighted by Gasteiger charge is 2.51. The number of hydrogen-bond donors (Lipinski definition) is 3. The van der Waals surface area contributed by atoms with Crippen LogP contribution in [0.4, 0.5) is 15.3 Å². The molecule has 0 bridgehead atoms. The van der Waals surface area contributed by atoms with E-state index in [1.807, 2.05) is 32.0 Å². The molecule has 6 amide bonds. The van der Waals surface area contributed by atoms with Crippen molar-refractivity contribution in [1.82, 2.24) is 15.5 Å². The molecule has 3 rings (SSSR count). The van der Waals surface area contributed by atoms with E-state index in [9.17, 15) is 19.2 Å². The third-order valence-corrected chi connectivity index (χ3v) is 5.16. The predicted molar refractivity (Wildman–Crippen MR) is 112 cm³/mol. The molecule has 8 nitrogen and oxygen atoms in total. The van der Waals surface area contributed by atoms with Crippen molar-refractivity contribution >= 4 is 29.6 Å². The summed E-state index contributed by atoms with van der Waals surface area (Å²) in [6.07, 6.45) is 0.326. The van der Waals surface area contributed by atoms with E-state index in [2.05, 4.69) is 16.0 Å². The molecule has 156 valence electrons. The number of carbonyl (C=O) groups is 4. The maximum absolute atomic E-state index is 13.0. The van der Waals surface area contributed by atoms with E-state index in [-0.39, 0.29) is 0 Å². The van der Waals surface area contributed by atoms with Gasteiger partial charge in [-0.2, -0.15) is 0 Å². The molecule has 0 unspecified atom stereocenters. The summed E-state index contributed by atoms with van der Waals surface area (Å²) in [5.74, 6) is -1.29. The van der Waals surface area contributed by atoms with Gasteiger partial charge in [-0.05, 0) is 37.5 Å². The molecule has 1 aliphatic heterocycles. The van der Waals surface area contributed by atoms with Crippen LogP contribution in [0, 0.1) is 13.8 Å². The van der Waals surface area contributed by atoms with Crippen LogP contribution in [0.2, 0.25) is 0 Å². The average Bonchev–Trinajstić information content (AvgIpc) is 2.96. The van der Waals surface area contributed by atoms with Crippen LogP contribution >= 0.6 is 0 Å². The zero-order valence-corrected chi connectivity index (χ0v) is 17.1. The number of nitrogens with zero attached hydrogens (tertiary/aromatic N) is 1. The summed E-state index contributed by atoms with van der Waals surface area (Å²) in [4.78, 5) is 50.8. The summed E-state index contributed by atoms with van der Waals surface area (Å²) >= 11 is 0.